The number of hydrogen-bond acceptors (Lipinski definition) is 1. The minimum Gasteiger partial charge on any atom is -0.371 e. The minimum absolute atomic E-state index is 0. The molecule has 0 atom stereocenters. The number of rotatable bonds is 2. The average molecular weight is 236 g/mol. The average Bonchev–Trinajstić information content (AvgIpc) is 2.13. The summed E-state index contributed by atoms with van der Waals surface area (Å²) in [6.45, 7) is 13.6. The van der Waals surface area contributed by atoms with Crippen LogP contribution in [0.15, 0.2) is 24.3 Å². The molecule has 1 nitrogen and oxygen atoms in total. The van der Waals surface area contributed by atoms with Gasteiger partial charge in [-0.25, -0.2) is 0 Å². The summed E-state index contributed by atoms with van der Waals surface area (Å²) in [6.07, 6.45) is 0. The lowest BCUT2D eigenvalue weighted by molar-refractivity contribution is -0.0149. The van der Waals surface area contributed by atoms with Crippen molar-refractivity contribution < 1.29 is 4.74 Å². The zero-order chi connectivity index (χ0) is 12.4. The highest BCUT2D eigenvalue weighted by Crippen LogP contribution is 2.23. The Kier molecular flexibility index (Phi) is 5.41. The van der Waals surface area contributed by atoms with Crippen molar-refractivity contribution in [2.75, 3.05) is 0 Å². The van der Waals surface area contributed by atoms with Crippen molar-refractivity contribution in [2.45, 2.75) is 66.6 Å². The van der Waals surface area contributed by atoms with Crippen LogP contribution in [0.3, 0.4) is 0 Å². The van der Waals surface area contributed by atoms with Crippen molar-refractivity contribution in [1.29, 1.82) is 0 Å². The van der Waals surface area contributed by atoms with Crippen molar-refractivity contribution in [2.24, 2.45) is 0 Å². The lowest BCUT2D eigenvalue weighted by Gasteiger charge is -2.22. The Morgan fingerprint density at radius 2 is 1.59 bits per heavy atom. The Morgan fingerprint density at radius 3 is 2.06 bits per heavy atom. The summed E-state index contributed by atoms with van der Waals surface area (Å²) in [5.74, 6) is 0. The van der Waals surface area contributed by atoms with Gasteiger partial charge in [0.1, 0.15) is 0 Å². The summed E-state index contributed by atoms with van der Waals surface area (Å²) in [6, 6.07) is 8.66. The van der Waals surface area contributed by atoms with E-state index < -0.39 is 0 Å². The molecule has 0 aromatic heterocycles. The molecule has 0 bridgehead atoms. The van der Waals surface area contributed by atoms with E-state index in [-0.39, 0.29) is 18.4 Å². The van der Waals surface area contributed by atoms with Crippen LogP contribution in [-0.2, 0) is 16.8 Å². The van der Waals surface area contributed by atoms with Gasteiger partial charge in [-0.3, -0.25) is 0 Å². The van der Waals surface area contributed by atoms with Gasteiger partial charge in [0, 0.05) is 0 Å². The Hall–Kier alpha value is -0.820. The number of hydrogen-bond donors (Lipinski definition) is 0. The summed E-state index contributed by atoms with van der Waals surface area (Å²) in [4.78, 5) is 0. The first-order chi connectivity index (χ1) is 7.18. The molecule has 0 heterocycles. The first-order valence-corrected chi connectivity index (χ1v) is 5.92. The molecular formula is C16H28O. The zero-order valence-corrected chi connectivity index (χ0v) is 11.4. The molecule has 17 heavy (non-hydrogen) atoms. The van der Waals surface area contributed by atoms with Crippen LogP contribution in [-0.4, -0.2) is 5.60 Å². The van der Waals surface area contributed by atoms with Gasteiger partial charge in [0.2, 0.25) is 0 Å². The second kappa shape index (κ2) is 5.68. The van der Waals surface area contributed by atoms with Gasteiger partial charge in [-0.2, -0.15) is 0 Å². The van der Waals surface area contributed by atoms with Gasteiger partial charge in [0.25, 0.3) is 0 Å². The second-order valence-electron chi connectivity index (χ2n) is 6.35. The molecule has 0 aliphatic carbocycles. The van der Waals surface area contributed by atoms with Crippen molar-refractivity contribution in [3.63, 3.8) is 0 Å². The zero-order valence-electron chi connectivity index (χ0n) is 11.4. The van der Waals surface area contributed by atoms with Crippen molar-refractivity contribution in [3.8, 4) is 0 Å². The maximum absolute atomic E-state index is 5.78. The van der Waals surface area contributed by atoms with Crippen LogP contribution in [0.5, 0.6) is 0 Å². The predicted octanol–water partition coefficient (Wildman–Crippen LogP) is 4.94. The standard InChI is InChI=1S/C15H24O.CH4/c1-14(2,3)13-9-7-8-12(10-13)11-16-15(4,5)6;/h7-10H,11H2,1-6H3;1H4. The topological polar surface area (TPSA) is 9.23 Å². The van der Waals surface area contributed by atoms with E-state index in [0.29, 0.717) is 6.61 Å². The fourth-order valence-corrected chi connectivity index (χ4v) is 1.43. The normalized spacial score (nSPS) is 12.1. The number of benzene rings is 1. The molecule has 1 aromatic carbocycles. The monoisotopic (exact) mass is 236 g/mol. The third-order valence-electron chi connectivity index (χ3n) is 2.46. The Bertz CT molecular complexity index is 339. The van der Waals surface area contributed by atoms with Gasteiger partial charge >= 0.3 is 0 Å². The van der Waals surface area contributed by atoms with E-state index >= 15 is 0 Å². The van der Waals surface area contributed by atoms with E-state index in [1.54, 1.807) is 0 Å². The molecule has 0 fully saturated rings. The van der Waals surface area contributed by atoms with Crippen LogP contribution in [0.1, 0.15) is 60.1 Å². The lowest BCUT2D eigenvalue weighted by atomic mass is 9.86. The van der Waals surface area contributed by atoms with Crippen LogP contribution in [0, 0.1) is 0 Å². The SMILES string of the molecule is C.CC(C)(C)OCc1cccc(C(C)(C)C)c1. The first-order valence-electron chi connectivity index (χ1n) is 5.92. The van der Waals surface area contributed by atoms with E-state index in [9.17, 15) is 0 Å². The van der Waals surface area contributed by atoms with Crippen LogP contribution >= 0.6 is 0 Å². The summed E-state index contributed by atoms with van der Waals surface area (Å²) >= 11 is 0. The molecule has 0 radical (unpaired) electrons. The van der Waals surface area contributed by atoms with Gasteiger partial charge in [-0.1, -0.05) is 52.5 Å². The smallest absolute Gasteiger partial charge is 0.0724 e. The molecule has 0 N–H and O–H groups in total. The fraction of sp³-hybridized carbons (Fsp3) is 0.625. The van der Waals surface area contributed by atoms with Gasteiger partial charge in [0.05, 0.1) is 12.2 Å². The second-order valence-corrected chi connectivity index (χ2v) is 6.35. The third-order valence-corrected chi connectivity index (χ3v) is 2.46. The van der Waals surface area contributed by atoms with Crippen molar-refractivity contribution >= 4 is 0 Å². The van der Waals surface area contributed by atoms with Crippen molar-refractivity contribution in [3.05, 3.63) is 35.4 Å². The maximum atomic E-state index is 5.78. The molecule has 1 heteroatoms. The molecule has 0 saturated carbocycles. The highest BCUT2D eigenvalue weighted by atomic mass is 16.5. The summed E-state index contributed by atoms with van der Waals surface area (Å²) in [5.41, 5.74) is 2.75. The maximum Gasteiger partial charge on any atom is 0.0724 e. The molecule has 0 spiro atoms. The summed E-state index contributed by atoms with van der Waals surface area (Å²) in [5, 5.41) is 0. The number of ether oxygens (including phenoxy) is 1. The van der Waals surface area contributed by atoms with Crippen LogP contribution in [0.4, 0.5) is 0 Å². The quantitative estimate of drug-likeness (QED) is 0.707. The minimum atomic E-state index is -0.0717. The Morgan fingerprint density at radius 1 is 1.00 bits per heavy atom. The predicted molar refractivity (Wildman–Crippen MR) is 76.4 cm³/mol. The molecule has 0 aliphatic rings. The molecule has 1 rings (SSSR count). The van der Waals surface area contributed by atoms with E-state index in [1.165, 1.54) is 11.1 Å². The third kappa shape index (κ3) is 5.88. The van der Waals surface area contributed by atoms with Gasteiger partial charge in [0.15, 0.2) is 0 Å². The fourth-order valence-electron chi connectivity index (χ4n) is 1.43. The molecule has 1 aromatic rings. The molecular weight excluding hydrogens is 208 g/mol. The Balaban J connectivity index is 0.00000256. The molecule has 0 saturated heterocycles. The first kappa shape index (κ1) is 16.2. The van der Waals surface area contributed by atoms with E-state index in [4.69, 9.17) is 4.74 Å². The van der Waals surface area contributed by atoms with Gasteiger partial charge in [-0.15, -0.1) is 0 Å². The van der Waals surface area contributed by atoms with E-state index in [2.05, 4.69) is 65.8 Å². The van der Waals surface area contributed by atoms with Gasteiger partial charge < -0.3 is 4.74 Å². The molecule has 0 amide bonds. The van der Waals surface area contributed by atoms with E-state index in [1.807, 2.05) is 0 Å². The van der Waals surface area contributed by atoms with E-state index in [0.717, 1.165) is 0 Å². The highest BCUT2D eigenvalue weighted by molar-refractivity contribution is 5.28. The van der Waals surface area contributed by atoms with Crippen LogP contribution in [0.2, 0.25) is 0 Å². The van der Waals surface area contributed by atoms with Crippen molar-refractivity contribution in [1.82, 2.24) is 0 Å². The highest BCUT2D eigenvalue weighted by Gasteiger charge is 2.14. The lowest BCUT2D eigenvalue weighted by Crippen LogP contribution is -2.19. The van der Waals surface area contributed by atoms with Crippen LogP contribution < -0.4 is 0 Å². The molecule has 98 valence electrons. The Labute approximate surface area is 107 Å². The molecule has 0 unspecified atom stereocenters. The summed E-state index contributed by atoms with van der Waals surface area (Å²) < 4.78 is 5.78. The summed E-state index contributed by atoms with van der Waals surface area (Å²) in [7, 11) is 0. The van der Waals surface area contributed by atoms with Crippen LogP contribution in [0.25, 0.3) is 0 Å². The van der Waals surface area contributed by atoms with Gasteiger partial charge in [-0.05, 0) is 37.3 Å². The molecule has 0 aliphatic heterocycles. The largest absolute Gasteiger partial charge is 0.371 e.